The lowest BCUT2D eigenvalue weighted by Gasteiger charge is -2.19. The van der Waals surface area contributed by atoms with E-state index < -0.39 is 0 Å². The largest absolute Gasteiger partial charge is 0.323 e. The zero-order chi connectivity index (χ0) is 18.4. The van der Waals surface area contributed by atoms with E-state index in [1.807, 2.05) is 37.1 Å². The zero-order valence-corrected chi connectivity index (χ0v) is 15.6. The predicted molar refractivity (Wildman–Crippen MR) is 103 cm³/mol. The molecule has 27 heavy (non-hydrogen) atoms. The van der Waals surface area contributed by atoms with Crippen molar-refractivity contribution in [1.82, 2.24) is 34.3 Å². The van der Waals surface area contributed by atoms with Crippen LogP contribution in [0.1, 0.15) is 49.3 Å². The van der Waals surface area contributed by atoms with Gasteiger partial charge in [0.2, 0.25) is 5.95 Å². The van der Waals surface area contributed by atoms with Crippen LogP contribution in [0, 0.1) is 6.92 Å². The minimum absolute atomic E-state index is 0.499. The van der Waals surface area contributed by atoms with E-state index in [0.29, 0.717) is 11.9 Å². The van der Waals surface area contributed by atoms with Gasteiger partial charge in [0.1, 0.15) is 17.4 Å². The Labute approximate surface area is 156 Å². The summed E-state index contributed by atoms with van der Waals surface area (Å²) >= 11 is 0. The molecule has 1 aliphatic rings. The number of hydrogen-bond donors (Lipinski definition) is 1. The normalized spacial score (nSPS) is 15.6. The van der Waals surface area contributed by atoms with Gasteiger partial charge < -0.3 is 5.32 Å². The molecule has 1 fully saturated rings. The number of aromatic nitrogens is 7. The van der Waals surface area contributed by atoms with Crippen molar-refractivity contribution in [2.75, 3.05) is 5.32 Å². The molecule has 1 saturated carbocycles. The van der Waals surface area contributed by atoms with Gasteiger partial charge in [0.25, 0.3) is 0 Å². The Balaban J connectivity index is 1.54. The average Bonchev–Trinajstić information content (AvgIpc) is 3.26. The van der Waals surface area contributed by atoms with E-state index in [-0.39, 0.29) is 0 Å². The van der Waals surface area contributed by atoms with Gasteiger partial charge in [-0.15, -0.1) is 0 Å². The number of anilines is 2. The lowest BCUT2D eigenvalue weighted by Crippen LogP contribution is -2.06. The smallest absolute Gasteiger partial charge is 0.227 e. The van der Waals surface area contributed by atoms with Gasteiger partial charge in [-0.25, -0.2) is 19.5 Å². The fourth-order valence-electron chi connectivity index (χ4n) is 3.98. The van der Waals surface area contributed by atoms with Crippen molar-refractivity contribution in [3.8, 4) is 0 Å². The molecule has 0 aliphatic heterocycles. The molecule has 0 spiro atoms. The molecule has 138 valence electrons. The van der Waals surface area contributed by atoms with Crippen molar-refractivity contribution in [1.29, 1.82) is 0 Å². The van der Waals surface area contributed by atoms with Crippen LogP contribution in [0.15, 0.2) is 24.8 Å². The van der Waals surface area contributed by atoms with Gasteiger partial charge in [0.05, 0.1) is 23.8 Å². The van der Waals surface area contributed by atoms with Crippen LogP contribution >= 0.6 is 0 Å². The minimum atomic E-state index is 0.499. The maximum Gasteiger partial charge on any atom is 0.227 e. The number of aryl methyl sites for hydroxylation is 2. The molecule has 0 radical (unpaired) electrons. The Hall–Kier alpha value is -3.03. The van der Waals surface area contributed by atoms with Gasteiger partial charge >= 0.3 is 0 Å². The van der Waals surface area contributed by atoms with Crippen molar-refractivity contribution < 1.29 is 0 Å². The molecule has 8 nitrogen and oxygen atoms in total. The van der Waals surface area contributed by atoms with Crippen molar-refractivity contribution in [2.24, 2.45) is 7.05 Å². The SMILES string of the molecule is Cc1cc2ncnn2cc1Nc1ncc2c(n1)c(C1CCCCC1)nn2C. The van der Waals surface area contributed by atoms with Crippen molar-refractivity contribution >= 4 is 28.3 Å². The number of fused-ring (bicyclic) bond motifs is 2. The lowest BCUT2D eigenvalue weighted by atomic mass is 9.86. The van der Waals surface area contributed by atoms with E-state index in [9.17, 15) is 0 Å². The fraction of sp³-hybridized carbons (Fsp3) is 0.421. The van der Waals surface area contributed by atoms with E-state index in [4.69, 9.17) is 10.1 Å². The van der Waals surface area contributed by atoms with Gasteiger partial charge in [-0.2, -0.15) is 10.2 Å². The molecule has 0 aromatic carbocycles. The standard InChI is InChI=1S/C19H22N8/c1-12-8-16-21-11-22-27(16)10-14(12)23-19-20-9-15-18(24-19)17(25-26(15)2)13-6-4-3-5-7-13/h8-11,13H,3-7H2,1-2H3,(H,20,23,24). The Morgan fingerprint density at radius 1 is 1.15 bits per heavy atom. The number of pyridine rings is 1. The van der Waals surface area contributed by atoms with Crippen LogP contribution in [0.5, 0.6) is 0 Å². The first-order chi connectivity index (χ1) is 13.2. The summed E-state index contributed by atoms with van der Waals surface area (Å²) < 4.78 is 3.64. The number of nitrogens with zero attached hydrogens (tertiary/aromatic N) is 7. The molecule has 1 aliphatic carbocycles. The molecule has 0 saturated heterocycles. The molecule has 4 heterocycles. The van der Waals surface area contributed by atoms with Crippen LogP contribution in [0.25, 0.3) is 16.7 Å². The summed E-state index contributed by atoms with van der Waals surface area (Å²) in [7, 11) is 1.97. The summed E-state index contributed by atoms with van der Waals surface area (Å²) in [6, 6.07) is 1.99. The molecular weight excluding hydrogens is 340 g/mol. The molecular formula is C19H22N8. The van der Waals surface area contributed by atoms with E-state index in [2.05, 4.69) is 20.4 Å². The van der Waals surface area contributed by atoms with Crippen molar-refractivity contribution in [3.63, 3.8) is 0 Å². The Bertz CT molecular complexity index is 1120. The molecule has 0 bridgehead atoms. The second-order valence-electron chi connectivity index (χ2n) is 7.33. The third kappa shape index (κ3) is 2.81. The monoisotopic (exact) mass is 362 g/mol. The Morgan fingerprint density at radius 3 is 2.85 bits per heavy atom. The minimum Gasteiger partial charge on any atom is -0.323 e. The van der Waals surface area contributed by atoms with Crippen LogP contribution in [0.4, 0.5) is 11.6 Å². The van der Waals surface area contributed by atoms with E-state index in [0.717, 1.165) is 33.6 Å². The molecule has 0 unspecified atom stereocenters. The van der Waals surface area contributed by atoms with Gasteiger partial charge in [0.15, 0.2) is 5.65 Å². The quantitative estimate of drug-likeness (QED) is 0.600. The second kappa shape index (κ2) is 6.29. The topological polar surface area (TPSA) is 85.8 Å². The molecule has 4 aromatic heterocycles. The Morgan fingerprint density at radius 2 is 2.00 bits per heavy atom. The number of nitrogens with one attached hydrogen (secondary N) is 1. The molecule has 4 aromatic rings. The van der Waals surface area contributed by atoms with Gasteiger partial charge in [-0.1, -0.05) is 19.3 Å². The molecule has 5 rings (SSSR count). The van der Waals surface area contributed by atoms with Crippen LogP contribution < -0.4 is 5.32 Å². The van der Waals surface area contributed by atoms with Crippen LogP contribution in [-0.4, -0.2) is 34.3 Å². The van der Waals surface area contributed by atoms with E-state index >= 15 is 0 Å². The van der Waals surface area contributed by atoms with Gasteiger partial charge in [0, 0.05) is 13.0 Å². The van der Waals surface area contributed by atoms with Crippen molar-refractivity contribution in [2.45, 2.75) is 44.9 Å². The average molecular weight is 362 g/mol. The molecule has 8 heteroatoms. The first kappa shape index (κ1) is 16.2. The predicted octanol–water partition coefficient (Wildman–Crippen LogP) is 3.51. The highest BCUT2D eigenvalue weighted by Crippen LogP contribution is 2.35. The number of rotatable bonds is 3. The zero-order valence-electron chi connectivity index (χ0n) is 15.6. The van der Waals surface area contributed by atoms with Crippen LogP contribution in [-0.2, 0) is 7.05 Å². The summed E-state index contributed by atoms with van der Waals surface area (Å²) in [6.07, 6.45) is 11.6. The van der Waals surface area contributed by atoms with Crippen LogP contribution in [0.2, 0.25) is 0 Å². The highest BCUT2D eigenvalue weighted by Gasteiger charge is 2.23. The Kier molecular flexibility index (Phi) is 3.77. The van der Waals surface area contributed by atoms with E-state index in [1.165, 1.54) is 32.1 Å². The van der Waals surface area contributed by atoms with Gasteiger partial charge in [-0.05, 0) is 31.4 Å². The summed E-state index contributed by atoms with van der Waals surface area (Å²) in [5, 5.41) is 12.3. The summed E-state index contributed by atoms with van der Waals surface area (Å²) in [5.74, 6) is 1.08. The van der Waals surface area contributed by atoms with Crippen LogP contribution in [0.3, 0.4) is 0 Å². The highest BCUT2D eigenvalue weighted by atomic mass is 15.3. The third-order valence-corrected chi connectivity index (χ3v) is 5.48. The summed E-state index contributed by atoms with van der Waals surface area (Å²) in [4.78, 5) is 13.5. The van der Waals surface area contributed by atoms with Gasteiger partial charge in [-0.3, -0.25) is 4.68 Å². The summed E-state index contributed by atoms with van der Waals surface area (Å²) in [5.41, 5.74) is 5.85. The molecule has 0 amide bonds. The maximum absolute atomic E-state index is 4.82. The first-order valence-electron chi connectivity index (χ1n) is 9.46. The maximum atomic E-state index is 4.82. The fourth-order valence-corrected chi connectivity index (χ4v) is 3.98. The third-order valence-electron chi connectivity index (χ3n) is 5.48. The van der Waals surface area contributed by atoms with E-state index in [1.54, 1.807) is 10.8 Å². The highest BCUT2D eigenvalue weighted by molar-refractivity contribution is 5.79. The first-order valence-corrected chi connectivity index (χ1v) is 9.46. The second-order valence-corrected chi connectivity index (χ2v) is 7.33. The lowest BCUT2D eigenvalue weighted by molar-refractivity contribution is 0.435. The number of hydrogen-bond acceptors (Lipinski definition) is 6. The van der Waals surface area contributed by atoms with Crippen molar-refractivity contribution in [3.05, 3.63) is 36.0 Å². The molecule has 1 N–H and O–H groups in total. The summed E-state index contributed by atoms with van der Waals surface area (Å²) in [6.45, 7) is 2.03. The molecule has 0 atom stereocenters.